The number of phosphoric ester groups is 1. The van der Waals surface area contributed by atoms with Crippen molar-refractivity contribution in [2.75, 3.05) is 0 Å². The Morgan fingerprint density at radius 2 is 1.74 bits per heavy atom. The van der Waals surface area contributed by atoms with Crippen LogP contribution in [-0.4, -0.2) is 19.6 Å². The van der Waals surface area contributed by atoms with Crippen LogP contribution in [0.25, 0.3) is 21.5 Å². The topological polar surface area (TPSA) is 151 Å². The number of aromatic nitrogens is 3. The SMILES string of the molecule is Cc1sc2c(c1CC(=O)N=c1scc(-c3ccc(F)c(C(F)(F)F)c3F)n1COP(=O)([O-])[O-])c(=O)n(C)c(=O)n2C.[Na+].[Na+]. The van der Waals surface area contributed by atoms with Gasteiger partial charge < -0.3 is 18.9 Å². The molecule has 4 rings (SSSR count). The number of aryl methyl sites for hydroxylation is 2. The van der Waals surface area contributed by atoms with E-state index >= 15 is 0 Å². The fraction of sp³-hybridized carbons (Fsp3) is 0.273. The molecule has 0 bridgehead atoms. The number of halogens is 5. The second kappa shape index (κ2) is 14.0. The van der Waals surface area contributed by atoms with Gasteiger partial charge in [0.15, 0.2) is 4.80 Å². The van der Waals surface area contributed by atoms with Crippen molar-refractivity contribution in [3.8, 4) is 11.3 Å². The number of thiazole rings is 1. The summed E-state index contributed by atoms with van der Waals surface area (Å²) in [5.41, 5.74) is -4.56. The molecule has 0 aliphatic rings. The summed E-state index contributed by atoms with van der Waals surface area (Å²) in [6.07, 6.45) is -5.91. The van der Waals surface area contributed by atoms with Gasteiger partial charge in [-0.1, -0.05) is 0 Å². The van der Waals surface area contributed by atoms with E-state index in [9.17, 15) is 50.7 Å². The number of alkyl halides is 3. The van der Waals surface area contributed by atoms with Gasteiger partial charge in [0.05, 0.1) is 25.3 Å². The van der Waals surface area contributed by atoms with Crippen molar-refractivity contribution in [3.63, 3.8) is 0 Å². The van der Waals surface area contributed by atoms with E-state index in [1.807, 2.05) is 0 Å². The third kappa shape index (κ3) is 7.76. The summed E-state index contributed by atoms with van der Waals surface area (Å²) < 4.78 is 86.6. The fourth-order valence-corrected chi connectivity index (χ4v) is 6.27. The van der Waals surface area contributed by atoms with Crippen molar-refractivity contribution >= 4 is 46.6 Å². The Bertz CT molecular complexity index is 1960. The summed E-state index contributed by atoms with van der Waals surface area (Å²) in [5.74, 6) is -4.85. The number of phosphoric acid groups is 1. The Kier molecular flexibility index (Phi) is 12.3. The zero-order valence-electron chi connectivity index (χ0n) is 22.9. The van der Waals surface area contributed by atoms with Crippen LogP contribution in [-0.2, 0) is 47.3 Å². The molecule has 4 aromatic rings. The van der Waals surface area contributed by atoms with Crippen LogP contribution in [0.15, 0.2) is 32.1 Å². The van der Waals surface area contributed by atoms with Crippen LogP contribution in [0.3, 0.4) is 0 Å². The van der Waals surface area contributed by atoms with E-state index in [2.05, 4.69) is 9.52 Å². The van der Waals surface area contributed by atoms with E-state index in [1.165, 1.54) is 18.7 Å². The molecule has 1 amide bonds. The predicted molar refractivity (Wildman–Crippen MR) is 133 cm³/mol. The quantitative estimate of drug-likeness (QED) is 0.114. The van der Waals surface area contributed by atoms with E-state index in [-0.39, 0.29) is 70.1 Å². The van der Waals surface area contributed by atoms with Gasteiger partial charge in [0.1, 0.15) is 28.8 Å². The normalized spacial score (nSPS) is 12.4. The zero-order chi connectivity index (χ0) is 30.6. The number of amides is 1. The summed E-state index contributed by atoms with van der Waals surface area (Å²) in [5, 5.41) is 1.10. The van der Waals surface area contributed by atoms with Gasteiger partial charge in [-0.15, -0.1) is 22.7 Å². The zero-order valence-corrected chi connectivity index (χ0v) is 29.5. The van der Waals surface area contributed by atoms with E-state index in [1.54, 1.807) is 6.92 Å². The van der Waals surface area contributed by atoms with Gasteiger partial charge in [-0.05, 0) is 24.6 Å². The molecule has 0 unspecified atom stereocenters. The van der Waals surface area contributed by atoms with Crippen LogP contribution in [0, 0.1) is 18.6 Å². The maximum atomic E-state index is 14.9. The van der Waals surface area contributed by atoms with Gasteiger partial charge in [-0.25, -0.2) is 13.6 Å². The fourth-order valence-electron chi connectivity index (χ4n) is 3.99. The van der Waals surface area contributed by atoms with Crippen LogP contribution in [0.5, 0.6) is 0 Å². The first-order valence-electron chi connectivity index (χ1n) is 11.1. The van der Waals surface area contributed by atoms with Crippen LogP contribution in [0.4, 0.5) is 22.0 Å². The second-order valence-corrected chi connectivity index (χ2v) is 11.7. The number of thiophene rings is 1. The van der Waals surface area contributed by atoms with Crippen LogP contribution >= 0.6 is 30.5 Å². The average molecular weight is 684 g/mol. The average Bonchev–Trinajstić information content (AvgIpc) is 3.39. The van der Waals surface area contributed by atoms with E-state index < -0.39 is 77.6 Å². The standard InChI is InChI=1S/C22H18F5N4O7PS2.2Na/c1-9-11(15-18(33)29(2)21(34)30(3)19(15)41-9)6-14(32)28-20-31(8-38-39(35,36)37)13(7-40-20)10-4-5-12(23)16(17(10)24)22(25,26)27;;/h4-5,7H,6,8H2,1-3H3,(H2,35,36,37);;/q;2*+1/p-2. The monoisotopic (exact) mass is 684 g/mol. The predicted octanol–water partition coefficient (Wildman–Crippen LogP) is -4.09. The van der Waals surface area contributed by atoms with Crippen molar-refractivity contribution in [2.24, 2.45) is 19.1 Å². The summed E-state index contributed by atoms with van der Waals surface area (Å²) in [7, 11) is -2.97. The minimum absolute atomic E-state index is 0. The summed E-state index contributed by atoms with van der Waals surface area (Å²) in [6, 6.07) is 0.995. The molecule has 0 fully saturated rings. The van der Waals surface area contributed by atoms with Gasteiger partial charge in [0.25, 0.3) is 11.5 Å². The first-order valence-corrected chi connectivity index (χ1v) is 14.2. The molecule has 0 atom stereocenters. The van der Waals surface area contributed by atoms with E-state index in [0.29, 0.717) is 37.7 Å². The van der Waals surface area contributed by atoms with Gasteiger partial charge in [-0.3, -0.25) is 23.3 Å². The minimum atomic E-state index is -5.67. The molecule has 0 aliphatic carbocycles. The Balaban J connectivity index is 0.00000323. The van der Waals surface area contributed by atoms with Crippen molar-refractivity contribution in [3.05, 3.63) is 70.8 Å². The maximum Gasteiger partial charge on any atom is 1.00 e. The van der Waals surface area contributed by atoms with Crippen molar-refractivity contribution in [1.29, 1.82) is 0 Å². The van der Waals surface area contributed by atoms with Crippen LogP contribution in [0.2, 0.25) is 0 Å². The van der Waals surface area contributed by atoms with Crippen molar-refractivity contribution < 1.29 is 105 Å². The molecule has 3 heterocycles. The molecule has 1 aromatic carbocycles. The van der Waals surface area contributed by atoms with Gasteiger partial charge in [-0.2, -0.15) is 18.2 Å². The van der Waals surface area contributed by atoms with Gasteiger partial charge in [0, 0.05) is 29.9 Å². The molecule has 21 heteroatoms. The Morgan fingerprint density at radius 1 is 1.12 bits per heavy atom. The molecule has 220 valence electrons. The molecule has 0 radical (unpaired) electrons. The molecule has 0 saturated heterocycles. The smallest absolute Gasteiger partial charge is 0.790 e. The molecule has 0 aliphatic heterocycles. The van der Waals surface area contributed by atoms with E-state index in [0.717, 1.165) is 21.3 Å². The first kappa shape index (κ1) is 37.9. The van der Waals surface area contributed by atoms with Crippen LogP contribution < -0.4 is 85.0 Å². The van der Waals surface area contributed by atoms with Gasteiger partial charge in [0.2, 0.25) is 0 Å². The third-order valence-corrected chi connectivity index (χ3v) is 8.45. The summed E-state index contributed by atoms with van der Waals surface area (Å²) in [4.78, 5) is 64.5. The summed E-state index contributed by atoms with van der Waals surface area (Å²) in [6.45, 7) is 0.403. The minimum Gasteiger partial charge on any atom is -0.790 e. The Labute approximate surface area is 290 Å². The molecular weight excluding hydrogens is 668 g/mol. The molecule has 0 N–H and O–H groups in total. The number of carbonyl (C=O) groups is 1. The molecule has 0 saturated carbocycles. The summed E-state index contributed by atoms with van der Waals surface area (Å²) >= 11 is 1.64. The number of rotatable bonds is 6. The number of benzene rings is 1. The largest absolute Gasteiger partial charge is 1.00 e. The first-order chi connectivity index (χ1) is 18.9. The second-order valence-electron chi connectivity index (χ2n) is 8.52. The Morgan fingerprint density at radius 3 is 2.33 bits per heavy atom. The number of hydrogen-bond donors (Lipinski definition) is 0. The van der Waals surface area contributed by atoms with E-state index in [4.69, 9.17) is 0 Å². The number of fused-ring (bicyclic) bond motifs is 1. The molecular formula is C22H16F5N4Na2O7PS2. The van der Waals surface area contributed by atoms with Gasteiger partial charge >= 0.3 is 71.0 Å². The number of carbonyl (C=O) groups excluding carboxylic acids is 1. The maximum absolute atomic E-state index is 14.9. The van der Waals surface area contributed by atoms with Crippen molar-refractivity contribution in [2.45, 2.75) is 26.3 Å². The Hall–Kier alpha value is -1.28. The molecule has 43 heavy (non-hydrogen) atoms. The number of nitrogens with zero attached hydrogens (tertiary/aromatic N) is 4. The molecule has 11 nitrogen and oxygen atoms in total. The molecule has 0 spiro atoms. The molecule has 3 aromatic heterocycles. The third-order valence-electron chi connectivity index (χ3n) is 5.93. The van der Waals surface area contributed by atoms with Crippen LogP contribution in [0.1, 0.15) is 16.0 Å². The van der Waals surface area contributed by atoms with Crippen molar-refractivity contribution in [1.82, 2.24) is 13.7 Å². The number of hydrogen-bond acceptors (Lipinski definition) is 9.